The van der Waals surface area contributed by atoms with Crippen molar-refractivity contribution in [2.24, 2.45) is 0 Å². The summed E-state index contributed by atoms with van der Waals surface area (Å²) in [6.07, 6.45) is 0. The molecule has 3 nitrogen and oxygen atoms in total. The first-order valence-electron chi connectivity index (χ1n) is 5.28. The number of nitrogens with two attached hydrogens (primary N) is 1. The molecule has 0 spiro atoms. The Labute approximate surface area is 105 Å². The molecule has 2 rings (SSSR count). The summed E-state index contributed by atoms with van der Waals surface area (Å²) in [4.78, 5) is 2.59. The quantitative estimate of drug-likeness (QED) is 0.814. The zero-order valence-electron chi connectivity index (χ0n) is 9.53. The maximum absolute atomic E-state index is 8.77. The molecule has 0 fully saturated rings. The van der Waals surface area contributed by atoms with Gasteiger partial charge >= 0.3 is 0 Å². The predicted molar refractivity (Wildman–Crippen MR) is 72.0 cm³/mol. The van der Waals surface area contributed by atoms with E-state index in [1.807, 2.05) is 12.1 Å². The average molecular weight is 243 g/mol. The van der Waals surface area contributed by atoms with Gasteiger partial charge in [-0.3, -0.25) is 0 Å². The van der Waals surface area contributed by atoms with Crippen molar-refractivity contribution in [3.05, 3.63) is 45.6 Å². The summed E-state index contributed by atoms with van der Waals surface area (Å²) in [6.45, 7) is 2.87. The van der Waals surface area contributed by atoms with E-state index in [1.54, 1.807) is 23.5 Å². The lowest BCUT2D eigenvalue weighted by Gasteiger charge is -2.06. The standard InChI is InChI=1S/C13H13N3S/c1-9-2-5-12(17-9)8-16-11-4-3-10(7-14)13(15)6-11/h2-6,16H,8,15H2,1H3. The zero-order valence-corrected chi connectivity index (χ0v) is 10.3. The number of hydrogen-bond acceptors (Lipinski definition) is 4. The Morgan fingerprint density at radius 3 is 2.76 bits per heavy atom. The van der Waals surface area contributed by atoms with E-state index in [2.05, 4.69) is 24.4 Å². The summed E-state index contributed by atoms with van der Waals surface area (Å²) >= 11 is 1.77. The minimum absolute atomic E-state index is 0.514. The van der Waals surface area contributed by atoms with Crippen molar-refractivity contribution < 1.29 is 0 Å². The van der Waals surface area contributed by atoms with Crippen molar-refractivity contribution >= 4 is 22.7 Å². The number of hydrogen-bond donors (Lipinski definition) is 2. The molecule has 0 radical (unpaired) electrons. The molecule has 0 bridgehead atoms. The summed E-state index contributed by atoms with van der Waals surface area (Å²) in [6, 6.07) is 11.7. The number of anilines is 2. The van der Waals surface area contributed by atoms with Gasteiger partial charge in [-0.05, 0) is 37.3 Å². The summed E-state index contributed by atoms with van der Waals surface area (Å²) in [5.74, 6) is 0. The van der Waals surface area contributed by atoms with E-state index in [1.165, 1.54) is 9.75 Å². The van der Waals surface area contributed by atoms with Crippen LogP contribution in [0.1, 0.15) is 15.3 Å². The van der Waals surface area contributed by atoms with Crippen molar-refractivity contribution in [3.8, 4) is 6.07 Å². The summed E-state index contributed by atoms with van der Waals surface area (Å²) in [7, 11) is 0. The number of nitrogens with one attached hydrogen (secondary N) is 1. The second kappa shape index (κ2) is 4.89. The van der Waals surface area contributed by atoms with E-state index in [0.717, 1.165) is 12.2 Å². The van der Waals surface area contributed by atoms with E-state index in [0.29, 0.717) is 11.3 Å². The van der Waals surface area contributed by atoms with Crippen molar-refractivity contribution in [3.63, 3.8) is 0 Å². The van der Waals surface area contributed by atoms with Gasteiger partial charge in [-0.25, -0.2) is 0 Å². The largest absolute Gasteiger partial charge is 0.398 e. The highest BCUT2D eigenvalue weighted by Crippen LogP contribution is 2.20. The normalized spacial score (nSPS) is 9.88. The molecular formula is C13H13N3S. The molecule has 4 heteroatoms. The van der Waals surface area contributed by atoms with Gasteiger partial charge in [-0.1, -0.05) is 0 Å². The van der Waals surface area contributed by atoms with Crippen LogP contribution in [0.25, 0.3) is 0 Å². The fraction of sp³-hybridized carbons (Fsp3) is 0.154. The molecule has 17 heavy (non-hydrogen) atoms. The molecule has 0 aliphatic carbocycles. The maximum atomic E-state index is 8.77. The highest BCUT2D eigenvalue weighted by atomic mass is 32.1. The molecule has 0 saturated carbocycles. The Morgan fingerprint density at radius 2 is 2.18 bits per heavy atom. The third kappa shape index (κ3) is 2.77. The second-order valence-electron chi connectivity index (χ2n) is 3.78. The monoisotopic (exact) mass is 243 g/mol. The number of thiophene rings is 1. The molecule has 2 aromatic rings. The summed E-state index contributed by atoms with van der Waals surface area (Å²) in [5, 5.41) is 12.1. The first-order chi connectivity index (χ1) is 8.19. The predicted octanol–water partition coefficient (Wildman–Crippen LogP) is 3.12. The first kappa shape index (κ1) is 11.5. The molecule has 86 valence electrons. The van der Waals surface area contributed by atoms with E-state index < -0.39 is 0 Å². The third-order valence-corrected chi connectivity index (χ3v) is 3.44. The molecule has 1 heterocycles. The highest BCUT2D eigenvalue weighted by Gasteiger charge is 2.00. The van der Waals surface area contributed by atoms with Crippen molar-refractivity contribution in [2.75, 3.05) is 11.1 Å². The van der Waals surface area contributed by atoms with Crippen LogP contribution in [0.5, 0.6) is 0 Å². The minimum atomic E-state index is 0.514. The van der Waals surface area contributed by atoms with Crippen LogP contribution in [0.4, 0.5) is 11.4 Å². The average Bonchev–Trinajstić information content (AvgIpc) is 2.73. The molecule has 0 unspecified atom stereocenters. The van der Waals surface area contributed by atoms with Crippen LogP contribution < -0.4 is 11.1 Å². The van der Waals surface area contributed by atoms with Crippen LogP contribution in [0.3, 0.4) is 0 Å². The van der Waals surface area contributed by atoms with Gasteiger partial charge in [-0.15, -0.1) is 11.3 Å². The maximum Gasteiger partial charge on any atom is 0.101 e. The van der Waals surface area contributed by atoms with Gasteiger partial charge in [0.1, 0.15) is 6.07 Å². The molecule has 3 N–H and O–H groups in total. The SMILES string of the molecule is Cc1ccc(CNc2ccc(C#N)c(N)c2)s1. The van der Waals surface area contributed by atoms with Crippen LogP contribution in [0.15, 0.2) is 30.3 Å². The molecule has 0 aliphatic rings. The van der Waals surface area contributed by atoms with E-state index in [9.17, 15) is 0 Å². The van der Waals surface area contributed by atoms with Gasteiger partial charge in [0.05, 0.1) is 11.3 Å². The lowest BCUT2D eigenvalue weighted by Crippen LogP contribution is -1.99. The summed E-state index contributed by atoms with van der Waals surface area (Å²) in [5.41, 5.74) is 7.71. The van der Waals surface area contributed by atoms with E-state index >= 15 is 0 Å². The molecule has 1 aromatic heterocycles. The van der Waals surface area contributed by atoms with Crippen molar-refractivity contribution in [1.29, 1.82) is 5.26 Å². The number of benzene rings is 1. The second-order valence-corrected chi connectivity index (χ2v) is 5.15. The van der Waals surface area contributed by atoms with Crippen LogP contribution in [0, 0.1) is 18.3 Å². The molecule has 1 aromatic carbocycles. The third-order valence-electron chi connectivity index (χ3n) is 2.43. The van der Waals surface area contributed by atoms with Crippen LogP contribution in [-0.2, 0) is 6.54 Å². The van der Waals surface area contributed by atoms with Gasteiger partial charge in [0, 0.05) is 22.0 Å². The van der Waals surface area contributed by atoms with Crippen molar-refractivity contribution in [2.45, 2.75) is 13.5 Å². The smallest absolute Gasteiger partial charge is 0.101 e. The lowest BCUT2D eigenvalue weighted by atomic mass is 10.2. The van der Waals surface area contributed by atoms with E-state index in [-0.39, 0.29) is 0 Å². The fourth-order valence-corrected chi connectivity index (χ4v) is 2.37. The fourth-order valence-electron chi connectivity index (χ4n) is 1.54. The Balaban J connectivity index is 2.05. The van der Waals surface area contributed by atoms with Crippen molar-refractivity contribution in [1.82, 2.24) is 0 Å². The van der Waals surface area contributed by atoms with Gasteiger partial charge in [0.25, 0.3) is 0 Å². The number of nitrogen functional groups attached to an aromatic ring is 1. The van der Waals surface area contributed by atoms with Crippen LogP contribution in [0.2, 0.25) is 0 Å². The number of aryl methyl sites for hydroxylation is 1. The van der Waals surface area contributed by atoms with Crippen LogP contribution in [-0.4, -0.2) is 0 Å². The topological polar surface area (TPSA) is 61.8 Å². The highest BCUT2D eigenvalue weighted by molar-refractivity contribution is 7.11. The molecular weight excluding hydrogens is 230 g/mol. The number of nitrogens with zero attached hydrogens (tertiary/aromatic N) is 1. The summed E-state index contributed by atoms with van der Waals surface area (Å²) < 4.78 is 0. The van der Waals surface area contributed by atoms with Gasteiger partial charge in [-0.2, -0.15) is 5.26 Å². The van der Waals surface area contributed by atoms with Crippen LogP contribution >= 0.6 is 11.3 Å². The number of nitriles is 1. The Bertz CT molecular complexity index is 566. The van der Waals surface area contributed by atoms with Gasteiger partial charge in [0.15, 0.2) is 0 Å². The first-order valence-corrected chi connectivity index (χ1v) is 6.09. The Kier molecular flexibility index (Phi) is 3.31. The van der Waals surface area contributed by atoms with E-state index in [4.69, 9.17) is 11.0 Å². The Morgan fingerprint density at radius 1 is 1.35 bits per heavy atom. The Hall–Kier alpha value is -1.99. The van der Waals surface area contributed by atoms with Gasteiger partial charge < -0.3 is 11.1 Å². The zero-order chi connectivity index (χ0) is 12.3. The molecule has 0 atom stereocenters. The number of rotatable bonds is 3. The molecule has 0 saturated heterocycles. The molecule has 0 aliphatic heterocycles. The molecule has 0 amide bonds. The van der Waals surface area contributed by atoms with Gasteiger partial charge in [0.2, 0.25) is 0 Å². The lowest BCUT2D eigenvalue weighted by molar-refractivity contribution is 1.19. The minimum Gasteiger partial charge on any atom is -0.398 e.